The molecule has 0 bridgehead atoms. The van der Waals surface area contributed by atoms with Crippen LogP contribution in [0.15, 0.2) is 18.3 Å². The van der Waals surface area contributed by atoms with Crippen molar-refractivity contribution in [3.05, 3.63) is 24.0 Å². The molecule has 0 amide bonds. The van der Waals surface area contributed by atoms with Crippen LogP contribution in [0, 0.1) is 6.92 Å². The largest absolute Gasteiger partial charge is 0.491 e. The van der Waals surface area contributed by atoms with Crippen LogP contribution in [0.3, 0.4) is 0 Å². The van der Waals surface area contributed by atoms with Crippen molar-refractivity contribution in [1.82, 2.24) is 4.98 Å². The zero-order valence-corrected chi connectivity index (χ0v) is 6.61. The Bertz CT molecular complexity index is 242. The van der Waals surface area contributed by atoms with E-state index in [0.29, 0.717) is 0 Å². The van der Waals surface area contributed by atoms with Gasteiger partial charge in [0.05, 0.1) is 0 Å². The molecule has 0 spiro atoms. The van der Waals surface area contributed by atoms with Crippen molar-refractivity contribution >= 4 is 12.6 Å². The van der Waals surface area contributed by atoms with Gasteiger partial charge in [0.1, 0.15) is 0 Å². The Hall–Kier alpha value is -0.865. The maximum Gasteiger partial charge on any atom is 0.491 e. The third-order valence-corrected chi connectivity index (χ3v) is 1.43. The molecule has 58 valence electrons. The Kier molecular flexibility index (Phi) is 2.62. The van der Waals surface area contributed by atoms with Crippen molar-refractivity contribution in [2.24, 2.45) is 0 Å². The molecule has 0 radical (unpaired) electrons. The van der Waals surface area contributed by atoms with Crippen molar-refractivity contribution in [1.29, 1.82) is 0 Å². The first kappa shape index (κ1) is 8.23. The Balaban J connectivity index is 2.86. The second-order valence-corrected chi connectivity index (χ2v) is 2.32. The molecule has 4 heteroatoms. The van der Waals surface area contributed by atoms with Gasteiger partial charge in [-0.3, -0.25) is 4.98 Å². The monoisotopic (exact) mass is 151 g/mol. The van der Waals surface area contributed by atoms with E-state index in [9.17, 15) is 5.02 Å². The molecule has 1 aromatic rings. The Morgan fingerprint density at radius 1 is 1.64 bits per heavy atom. The number of pyridine rings is 1. The van der Waals surface area contributed by atoms with Crippen LogP contribution in [0.4, 0.5) is 0 Å². The first-order valence-corrected chi connectivity index (χ1v) is 3.37. The standard InChI is InChI=1S/C7H10BNO2/c1-6-5-7(3-4-9-6)8(10)11-2/h3-5,10H,1-2H3. The summed E-state index contributed by atoms with van der Waals surface area (Å²) >= 11 is 0. The van der Waals surface area contributed by atoms with Crippen molar-refractivity contribution in [3.8, 4) is 0 Å². The lowest BCUT2D eigenvalue weighted by atomic mass is 9.80. The van der Waals surface area contributed by atoms with Crippen LogP contribution in [-0.4, -0.2) is 24.2 Å². The number of hydrogen-bond donors (Lipinski definition) is 1. The van der Waals surface area contributed by atoms with Crippen molar-refractivity contribution in [3.63, 3.8) is 0 Å². The Labute approximate surface area is 66.2 Å². The van der Waals surface area contributed by atoms with E-state index in [1.165, 1.54) is 7.11 Å². The first-order valence-electron chi connectivity index (χ1n) is 3.37. The molecule has 11 heavy (non-hydrogen) atoms. The highest BCUT2D eigenvalue weighted by atomic mass is 16.5. The third kappa shape index (κ3) is 2.03. The van der Waals surface area contributed by atoms with Crippen LogP contribution in [-0.2, 0) is 4.65 Å². The molecule has 0 aliphatic carbocycles. The predicted molar refractivity (Wildman–Crippen MR) is 43.6 cm³/mol. The zero-order valence-electron chi connectivity index (χ0n) is 6.61. The van der Waals surface area contributed by atoms with Gasteiger partial charge < -0.3 is 9.68 Å². The van der Waals surface area contributed by atoms with Gasteiger partial charge in [-0.05, 0) is 24.5 Å². The lowest BCUT2D eigenvalue weighted by molar-refractivity contribution is 0.341. The summed E-state index contributed by atoms with van der Waals surface area (Å²) in [5.74, 6) is 0. The van der Waals surface area contributed by atoms with Gasteiger partial charge in [0, 0.05) is 19.0 Å². The van der Waals surface area contributed by atoms with E-state index in [1.807, 2.05) is 6.92 Å². The number of nitrogens with zero attached hydrogens (tertiary/aromatic N) is 1. The van der Waals surface area contributed by atoms with Crippen LogP contribution < -0.4 is 5.46 Å². The molecular formula is C7H10BNO2. The van der Waals surface area contributed by atoms with Gasteiger partial charge >= 0.3 is 7.12 Å². The molecule has 0 aliphatic rings. The van der Waals surface area contributed by atoms with Crippen molar-refractivity contribution in [2.45, 2.75) is 6.92 Å². The number of aryl methyl sites for hydroxylation is 1. The SMILES string of the molecule is COB(O)c1ccnc(C)c1. The molecule has 0 aliphatic heterocycles. The van der Waals surface area contributed by atoms with Gasteiger partial charge in [0.15, 0.2) is 0 Å². The summed E-state index contributed by atoms with van der Waals surface area (Å²) in [5, 5.41) is 9.20. The summed E-state index contributed by atoms with van der Waals surface area (Å²) in [6.45, 7) is 1.87. The number of hydrogen-bond acceptors (Lipinski definition) is 3. The van der Waals surface area contributed by atoms with E-state index in [4.69, 9.17) is 4.65 Å². The minimum absolute atomic E-state index is 0.736. The number of aromatic nitrogens is 1. The minimum Gasteiger partial charge on any atom is -0.423 e. The first-order chi connectivity index (χ1) is 5.24. The van der Waals surface area contributed by atoms with Crippen LogP contribution in [0.1, 0.15) is 5.69 Å². The van der Waals surface area contributed by atoms with Gasteiger partial charge in [-0.2, -0.15) is 0 Å². The van der Waals surface area contributed by atoms with E-state index in [-0.39, 0.29) is 0 Å². The third-order valence-electron chi connectivity index (χ3n) is 1.43. The Morgan fingerprint density at radius 2 is 2.36 bits per heavy atom. The summed E-state index contributed by atoms with van der Waals surface area (Å²) in [4.78, 5) is 3.99. The molecule has 0 saturated carbocycles. The maximum atomic E-state index is 9.20. The quantitative estimate of drug-likeness (QED) is 0.591. The highest BCUT2D eigenvalue weighted by Gasteiger charge is 2.13. The highest BCUT2D eigenvalue weighted by molar-refractivity contribution is 6.59. The van der Waals surface area contributed by atoms with Crippen molar-refractivity contribution < 1.29 is 9.68 Å². The average molecular weight is 151 g/mol. The van der Waals surface area contributed by atoms with Crippen LogP contribution in [0.5, 0.6) is 0 Å². The van der Waals surface area contributed by atoms with Crippen LogP contribution in [0.25, 0.3) is 0 Å². The summed E-state index contributed by atoms with van der Waals surface area (Å²) in [5.41, 5.74) is 1.61. The fraction of sp³-hybridized carbons (Fsp3) is 0.286. The molecule has 1 aromatic heterocycles. The molecule has 0 fully saturated rings. The molecule has 0 atom stereocenters. The molecular weight excluding hydrogens is 141 g/mol. The van der Waals surface area contributed by atoms with Crippen LogP contribution >= 0.6 is 0 Å². The molecule has 1 rings (SSSR count). The van der Waals surface area contributed by atoms with Gasteiger partial charge in [-0.1, -0.05) is 0 Å². The topological polar surface area (TPSA) is 42.4 Å². The normalized spacial score (nSPS) is 9.73. The van der Waals surface area contributed by atoms with E-state index < -0.39 is 7.12 Å². The van der Waals surface area contributed by atoms with E-state index >= 15 is 0 Å². The fourth-order valence-corrected chi connectivity index (χ4v) is 0.857. The minimum atomic E-state index is -0.836. The van der Waals surface area contributed by atoms with Crippen LogP contribution in [0.2, 0.25) is 0 Å². The Morgan fingerprint density at radius 3 is 2.91 bits per heavy atom. The number of rotatable bonds is 2. The maximum absolute atomic E-state index is 9.20. The summed E-state index contributed by atoms with van der Waals surface area (Å²) < 4.78 is 4.72. The lowest BCUT2D eigenvalue weighted by Crippen LogP contribution is -2.32. The highest BCUT2D eigenvalue weighted by Crippen LogP contribution is 1.89. The van der Waals surface area contributed by atoms with E-state index in [1.54, 1.807) is 18.3 Å². The van der Waals surface area contributed by atoms with E-state index in [0.717, 1.165) is 11.2 Å². The van der Waals surface area contributed by atoms with Gasteiger partial charge in [0.2, 0.25) is 0 Å². The van der Waals surface area contributed by atoms with Gasteiger partial charge in [0.25, 0.3) is 0 Å². The summed E-state index contributed by atoms with van der Waals surface area (Å²) in [6, 6.07) is 3.51. The lowest BCUT2D eigenvalue weighted by Gasteiger charge is -2.02. The average Bonchev–Trinajstić information content (AvgIpc) is 2.03. The molecule has 1 heterocycles. The molecule has 3 nitrogen and oxygen atoms in total. The molecule has 0 saturated heterocycles. The molecule has 0 aromatic carbocycles. The smallest absolute Gasteiger partial charge is 0.423 e. The predicted octanol–water partition coefficient (Wildman–Crippen LogP) is -0.276. The summed E-state index contributed by atoms with van der Waals surface area (Å²) in [6.07, 6.45) is 1.65. The summed E-state index contributed by atoms with van der Waals surface area (Å²) in [7, 11) is 0.622. The van der Waals surface area contributed by atoms with Gasteiger partial charge in [-0.25, -0.2) is 0 Å². The molecule has 1 N–H and O–H groups in total. The van der Waals surface area contributed by atoms with E-state index in [2.05, 4.69) is 4.98 Å². The fourth-order valence-electron chi connectivity index (χ4n) is 0.857. The second kappa shape index (κ2) is 3.50. The van der Waals surface area contributed by atoms with Crippen molar-refractivity contribution in [2.75, 3.05) is 7.11 Å². The second-order valence-electron chi connectivity index (χ2n) is 2.32. The molecule has 0 unspecified atom stereocenters. The van der Waals surface area contributed by atoms with Gasteiger partial charge in [-0.15, -0.1) is 0 Å². The zero-order chi connectivity index (χ0) is 8.27.